The molecule has 2 aromatic rings. The van der Waals surface area contributed by atoms with E-state index >= 15 is 0 Å². The van der Waals surface area contributed by atoms with E-state index in [1.165, 1.54) is 0 Å². The van der Waals surface area contributed by atoms with Gasteiger partial charge in [0.1, 0.15) is 0 Å². The molecule has 0 saturated carbocycles. The van der Waals surface area contributed by atoms with Crippen molar-refractivity contribution < 1.29 is 14.3 Å². The maximum atomic E-state index is 12.0. The first-order valence-electron chi connectivity index (χ1n) is 6.23. The van der Waals surface area contributed by atoms with E-state index in [1.807, 2.05) is 6.07 Å². The second-order valence-electron chi connectivity index (χ2n) is 4.41. The number of benzene rings is 1. The second kappa shape index (κ2) is 5.38. The Morgan fingerprint density at radius 1 is 1.47 bits per heavy atom. The van der Waals surface area contributed by atoms with Gasteiger partial charge in [-0.15, -0.1) is 0 Å². The number of nitrogens with one attached hydrogen (secondary N) is 2. The Labute approximate surface area is 110 Å². The number of rotatable bonds is 3. The topological polar surface area (TPSA) is 76.2 Å². The Morgan fingerprint density at radius 3 is 3.26 bits per heavy atom. The van der Waals surface area contributed by atoms with Crippen molar-refractivity contribution in [3.8, 4) is 0 Å². The van der Waals surface area contributed by atoms with Crippen LogP contribution in [0.25, 0.3) is 11.0 Å². The van der Waals surface area contributed by atoms with E-state index < -0.39 is 0 Å². The number of carbonyl (C=O) groups is 1. The van der Waals surface area contributed by atoms with Crippen molar-refractivity contribution in [2.45, 2.75) is 6.10 Å². The third-order valence-corrected chi connectivity index (χ3v) is 3.06. The lowest BCUT2D eigenvalue weighted by Crippen LogP contribution is -2.39. The van der Waals surface area contributed by atoms with Gasteiger partial charge >= 0.3 is 0 Å². The van der Waals surface area contributed by atoms with E-state index in [4.69, 9.17) is 9.47 Å². The third kappa shape index (κ3) is 2.74. The number of aromatic amines is 1. The van der Waals surface area contributed by atoms with Crippen LogP contribution in [0.2, 0.25) is 0 Å². The van der Waals surface area contributed by atoms with Crippen LogP contribution >= 0.6 is 0 Å². The van der Waals surface area contributed by atoms with Gasteiger partial charge in [0.05, 0.1) is 43.3 Å². The summed E-state index contributed by atoms with van der Waals surface area (Å²) in [5.74, 6) is -0.120. The minimum Gasteiger partial charge on any atom is -0.376 e. The Bertz CT molecular complexity index is 575. The van der Waals surface area contributed by atoms with Crippen LogP contribution in [-0.2, 0) is 9.47 Å². The largest absolute Gasteiger partial charge is 0.376 e. The molecular formula is C13H15N3O3. The molecule has 1 amide bonds. The Kier molecular flexibility index (Phi) is 3.43. The minimum atomic E-state index is -0.120. The average Bonchev–Trinajstić information content (AvgIpc) is 2.93. The summed E-state index contributed by atoms with van der Waals surface area (Å²) in [5, 5.41) is 2.85. The molecule has 100 valence electrons. The van der Waals surface area contributed by atoms with Crippen LogP contribution in [0, 0.1) is 0 Å². The summed E-state index contributed by atoms with van der Waals surface area (Å²) in [5.41, 5.74) is 2.30. The van der Waals surface area contributed by atoms with Gasteiger partial charge in [-0.2, -0.15) is 0 Å². The maximum absolute atomic E-state index is 12.0. The SMILES string of the molecule is O=C(NCC1COCCO1)c1ccc2nc[nH]c2c1. The van der Waals surface area contributed by atoms with Gasteiger partial charge in [-0.1, -0.05) is 0 Å². The van der Waals surface area contributed by atoms with Crippen LogP contribution in [0.4, 0.5) is 0 Å². The summed E-state index contributed by atoms with van der Waals surface area (Å²) < 4.78 is 10.7. The summed E-state index contributed by atoms with van der Waals surface area (Å²) in [6.45, 7) is 2.20. The van der Waals surface area contributed by atoms with Gasteiger partial charge in [-0.3, -0.25) is 4.79 Å². The molecule has 1 aliphatic heterocycles. The summed E-state index contributed by atoms with van der Waals surface area (Å²) in [4.78, 5) is 19.1. The minimum absolute atomic E-state index is 0.0615. The van der Waals surface area contributed by atoms with Crippen LogP contribution in [0.3, 0.4) is 0 Å². The molecule has 3 rings (SSSR count). The molecule has 6 nitrogen and oxygen atoms in total. The Hall–Kier alpha value is -1.92. The van der Waals surface area contributed by atoms with Gasteiger partial charge in [-0.25, -0.2) is 4.98 Å². The van der Waals surface area contributed by atoms with E-state index in [2.05, 4.69) is 15.3 Å². The van der Waals surface area contributed by atoms with Crippen molar-refractivity contribution in [1.82, 2.24) is 15.3 Å². The van der Waals surface area contributed by atoms with Crippen molar-refractivity contribution in [3.63, 3.8) is 0 Å². The lowest BCUT2D eigenvalue weighted by Gasteiger charge is -2.23. The highest BCUT2D eigenvalue weighted by Crippen LogP contribution is 2.11. The molecule has 2 heterocycles. The third-order valence-electron chi connectivity index (χ3n) is 3.06. The molecule has 1 atom stereocenters. The predicted molar refractivity (Wildman–Crippen MR) is 69.0 cm³/mol. The quantitative estimate of drug-likeness (QED) is 0.853. The first kappa shape index (κ1) is 12.1. The zero-order valence-corrected chi connectivity index (χ0v) is 10.4. The summed E-state index contributed by atoms with van der Waals surface area (Å²) >= 11 is 0. The van der Waals surface area contributed by atoms with Crippen LogP contribution in [-0.4, -0.2) is 48.3 Å². The van der Waals surface area contributed by atoms with Crippen molar-refractivity contribution in [2.75, 3.05) is 26.4 Å². The zero-order valence-electron chi connectivity index (χ0n) is 10.4. The van der Waals surface area contributed by atoms with Gasteiger partial charge in [0.15, 0.2) is 0 Å². The molecule has 1 aliphatic rings. The van der Waals surface area contributed by atoms with E-state index in [1.54, 1.807) is 18.5 Å². The second-order valence-corrected chi connectivity index (χ2v) is 4.41. The van der Waals surface area contributed by atoms with Crippen LogP contribution in [0.5, 0.6) is 0 Å². The summed E-state index contributed by atoms with van der Waals surface area (Å²) in [6.07, 6.45) is 1.55. The fourth-order valence-corrected chi connectivity index (χ4v) is 2.04. The van der Waals surface area contributed by atoms with E-state index in [0.717, 1.165) is 11.0 Å². The number of imidazole rings is 1. The maximum Gasteiger partial charge on any atom is 0.251 e. The Morgan fingerprint density at radius 2 is 2.42 bits per heavy atom. The fourth-order valence-electron chi connectivity index (χ4n) is 2.04. The monoisotopic (exact) mass is 261 g/mol. The molecule has 0 aliphatic carbocycles. The van der Waals surface area contributed by atoms with E-state index in [0.29, 0.717) is 31.9 Å². The molecule has 0 spiro atoms. The molecule has 1 saturated heterocycles. The van der Waals surface area contributed by atoms with Crippen molar-refractivity contribution in [3.05, 3.63) is 30.1 Å². The molecular weight excluding hydrogens is 246 g/mol. The van der Waals surface area contributed by atoms with Crippen LogP contribution in [0.1, 0.15) is 10.4 Å². The smallest absolute Gasteiger partial charge is 0.251 e. The number of nitrogens with zero attached hydrogens (tertiary/aromatic N) is 1. The number of aromatic nitrogens is 2. The van der Waals surface area contributed by atoms with Crippen LogP contribution in [0.15, 0.2) is 24.5 Å². The van der Waals surface area contributed by atoms with Gasteiger partial charge in [-0.05, 0) is 18.2 Å². The van der Waals surface area contributed by atoms with Gasteiger partial charge < -0.3 is 19.8 Å². The van der Waals surface area contributed by atoms with E-state index in [9.17, 15) is 4.79 Å². The number of amides is 1. The highest BCUT2D eigenvalue weighted by molar-refractivity contribution is 5.97. The molecule has 1 unspecified atom stereocenters. The molecule has 1 fully saturated rings. The molecule has 19 heavy (non-hydrogen) atoms. The number of fused-ring (bicyclic) bond motifs is 1. The number of carbonyl (C=O) groups excluding carboxylic acids is 1. The van der Waals surface area contributed by atoms with Gasteiger partial charge in [0.25, 0.3) is 5.91 Å². The van der Waals surface area contributed by atoms with Crippen LogP contribution < -0.4 is 5.32 Å². The number of H-pyrrole nitrogens is 1. The molecule has 0 radical (unpaired) electrons. The number of ether oxygens (including phenoxy) is 2. The van der Waals surface area contributed by atoms with Gasteiger partial charge in [0, 0.05) is 12.1 Å². The molecule has 1 aromatic heterocycles. The first-order chi connectivity index (χ1) is 9.33. The average molecular weight is 261 g/mol. The predicted octanol–water partition coefficient (Wildman–Crippen LogP) is 0.708. The number of hydrogen-bond acceptors (Lipinski definition) is 4. The highest BCUT2D eigenvalue weighted by Gasteiger charge is 2.16. The van der Waals surface area contributed by atoms with Crippen molar-refractivity contribution in [2.24, 2.45) is 0 Å². The lowest BCUT2D eigenvalue weighted by atomic mass is 10.2. The highest BCUT2D eigenvalue weighted by atomic mass is 16.6. The summed E-state index contributed by atoms with van der Waals surface area (Å²) in [6, 6.07) is 5.37. The number of hydrogen-bond donors (Lipinski definition) is 2. The molecule has 0 bridgehead atoms. The fraction of sp³-hybridized carbons (Fsp3) is 0.385. The summed E-state index contributed by atoms with van der Waals surface area (Å²) in [7, 11) is 0. The standard InChI is InChI=1S/C13H15N3O3/c17-13(14-6-10-7-18-3-4-19-10)9-1-2-11-12(5-9)16-8-15-11/h1-2,5,8,10H,3-4,6-7H2,(H,14,17)(H,15,16). The van der Waals surface area contributed by atoms with Crippen molar-refractivity contribution in [1.29, 1.82) is 0 Å². The molecule has 2 N–H and O–H groups in total. The van der Waals surface area contributed by atoms with Crippen molar-refractivity contribution >= 4 is 16.9 Å². The van der Waals surface area contributed by atoms with E-state index in [-0.39, 0.29) is 12.0 Å². The van der Waals surface area contributed by atoms with Gasteiger partial charge in [0.2, 0.25) is 0 Å². The first-order valence-corrected chi connectivity index (χ1v) is 6.23. The normalized spacial score (nSPS) is 19.5. The Balaban J connectivity index is 1.62. The molecule has 6 heteroatoms. The zero-order chi connectivity index (χ0) is 13.1. The lowest BCUT2D eigenvalue weighted by molar-refractivity contribution is -0.0855. The molecule has 1 aromatic carbocycles.